The lowest BCUT2D eigenvalue weighted by Gasteiger charge is -2.10. The van der Waals surface area contributed by atoms with Crippen LogP contribution in [0.2, 0.25) is 0 Å². The number of amidine groups is 1. The molecule has 2 aromatic rings. The molecule has 0 spiro atoms. The maximum atomic E-state index is 12.0. The number of nitrogens with two attached hydrogens (primary N) is 1. The number of benzene rings is 1. The molecule has 1 aromatic heterocycles. The standard InChI is InChI=1S/C13H16N6O2/c1-8-4-3-5-9(6-8)16-13(20)17-12-10(11(14)18-21)7-15-19(12)2/h3-7,21H,1-2H3,(H2,14,18)(H2,16,17,20). The van der Waals surface area contributed by atoms with Gasteiger partial charge in [-0.25, -0.2) is 4.79 Å². The zero-order chi connectivity index (χ0) is 15.4. The SMILES string of the molecule is Cc1cccc(NC(=O)Nc2c(C(N)=NO)cnn2C)c1. The number of oxime groups is 1. The number of hydrogen-bond donors (Lipinski definition) is 4. The second-order valence-electron chi connectivity index (χ2n) is 4.46. The van der Waals surface area contributed by atoms with Gasteiger partial charge < -0.3 is 16.3 Å². The first kappa shape index (κ1) is 14.4. The number of amides is 2. The van der Waals surface area contributed by atoms with Crippen molar-refractivity contribution in [2.24, 2.45) is 17.9 Å². The summed E-state index contributed by atoms with van der Waals surface area (Å²) in [5, 5.41) is 20.9. The fraction of sp³-hybridized carbons (Fsp3) is 0.154. The van der Waals surface area contributed by atoms with Crippen LogP contribution >= 0.6 is 0 Å². The molecule has 0 atom stereocenters. The summed E-state index contributed by atoms with van der Waals surface area (Å²) in [6.07, 6.45) is 1.40. The summed E-state index contributed by atoms with van der Waals surface area (Å²) >= 11 is 0. The summed E-state index contributed by atoms with van der Waals surface area (Å²) < 4.78 is 1.42. The zero-order valence-electron chi connectivity index (χ0n) is 11.7. The van der Waals surface area contributed by atoms with E-state index in [1.807, 2.05) is 25.1 Å². The molecule has 8 nitrogen and oxygen atoms in total. The summed E-state index contributed by atoms with van der Waals surface area (Å²) in [6.45, 7) is 1.93. The average molecular weight is 288 g/mol. The van der Waals surface area contributed by atoms with Crippen molar-refractivity contribution in [3.8, 4) is 0 Å². The highest BCUT2D eigenvalue weighted by atomic mass is 16.4. The Labute approximate surface area is 121 Å². The lowest BCUT2D eigenvalue weighted by atomic mass is 10.2. The Morgan fingerprint density at radius 2 is 2.19 bits per heavy atom. The van der Waals surface area contributed by atoms with Crippen molar-refractivity contribution in [1.82, 2.24) is 9.78 Å². The van der Waals surface area contributed by atoms with E-state index < -0.39 is 6.03 Å². The quantitative estimate of drug-likeness (QED) is 0.296. The van der Waals surface area contributed by atoms with E-state index in [2.05, 4.69) is 20.9 Å². The fourth-order valence-electron chi connectivity index (χ4n) is 1.82. The Hall–Kier alpha value is -3.03. The normalized spacial score (nSPS) is 11.2. The zero-order valence-corrected chi connectivity index (χ0v) is 11.7. The number of anilines is 2. The topological polar surface area (TPSA) is 118 Å². The van der Waals surface area contributed by atoms with E-state index in [-0.39, 0.29) is 5.84 Å². The van der Waals surface area contributed by atoms with E-state index >= 15 is 0 Å². The van der Waals surface area contributed by atoms with Gasteiger partial charge in [0.25, 0.3) is 0 Å². The Kier molecular flexibility index (Phi) is 4.07. The molecule has 1 heterocycles. The van der Waals surface area contributed by atoms with Crippen molar-refractivity contribution in [3.63, 3.8) is 0 Å². The molecule has 0 saturated heterocycles. The van der Waals surface area contributed by atoms with Crippen LogP contribution < -0.4 is 16.4 Å². The first-order valence-corrected chi connectivity index (χ1v) is 6.16. The van der Waals surface area contributed by atoms with Crippen molar-refractivity contribution in [3.05, 3.63) is 41.6 Å². The molecule has 0 bridgehead atoms. The molecular formula is C13H16N6O2. The van der Waals surface area contributed by atoms with E-state index in [9.17, 15) is 4.79 Å². The Morgan fingerprint density at radius 1 is 1.43 bits per heavy atom. The van der Waals surface area contributed by atoms with Gasteiger partial charge in [-0.3, -0.25) is 10.00 Å². The third-order valence-corrected chi connectivity index (χ3v) is 2.83. The maximum Gasteiger partial charge on any atom is 0.324 e. The van der Waals surface area contributed by atoms with Gasteiger partial charge in [-0.2, -0.15) is 5.10 Å². The molecular weight excluding hydrogens is 272 g/mol. The van der Waals surface area contributed by atoms with Gasteiger partial charge in [-0.15, -0.1) is 0 Å². The van der Waals surface area contributed by atoms with E-state index in [1.54, 1.807) is 13.1 Å². The highest BCUT2D eigenvalue weighted by Crippen LogP contribution is 2.15. The molecule has 110 valence electrons. The van der Waals surface area contributed by atoms with Crippen LogP contribution in [-0.2, 0) is 7.05 Å². The first-order chi connectivity index (χ1) is 10.0. The van der Waals surface area contributed by atoms with Crippen LogP contribution in [0.15, 0.2) is 35.6 Å². The molecule has 2 rings (SSSR count). The highest BCUT2D eigenvalue weighted by molar-refractivity contribution is 6.06. The molecule has 8 heteroatoms. The lowest BCUT2D eigenvalue weighted by molar-refractivity contribution is 0.262. The smallest absolute Gasteiger partial charge is 0.324 e. The monoisotopic (exact) mass is 288 g/mol. The van der Waals surface area contributed by atoms with Gasteiger partial charge in [0, 0.05) is 12.7 Å². The van der Waals surface area contributed by atoms with Gasteiger partial charge in [0.15, 0.2) is 5.84 Å². The molecule has 0 aliphatic heterocycles. The van der Waals surface area contributed by atoms with Crippen molar-refractivity contribution in [2.75, 3.05) is 10.6 Å². The van der Waals surface area contributed by atoms with Crippen LogP contribution in [0.4, 0.5) is 16.3 Å². The summed E-state index contributed by atoms with van der Waals surface area (Å²) in [5.74, 6) is 0.199. The molecule has 0 aliphatic carbocycles. The molecule has 0 fully saturated rings. The van der Waals surface area contributed by atoms with Crippen molar-refractivity contribution in [1.29, 1.82) is 0 Å². The van der Waals surface area contributed by atoms with Crippen LogP contribution in [0.1, 0.15) is 11.1 Å². The van der Waals surface area contributed by atoms with Crippen molar-refractivity contribution in [2.45, 2.75) is 6.92 Å². The number of aryl methyl sites for hydroxylation is 2. The predicted molar refractivity (Wildman–Crippen MR) is 79.5 cm³/mol. The summed E-state index contributed by atoms with van der Waals surface area (Å²) in [7, 11) is 1.64. The van der Waals surface area contributed by atoms with E-state index in [0.29, 0.717) is 17.1 Å². The number of aromatic nitrogens is 2. The van der Waals surface area contributed by atoms with Gasteiger partial charge in [-0.05, 0) is 24.6 Å². The molecule has 0 radical (unpaired) electrons. The Morgan fingerprint density at radius 3 is 2.86 bits per heavy atom. The number of urea groups is 1. The number of carbonyl (C=O) groups excluding carboxylic acids is 1. The number of nitrogens with one attached hydrogen (secondary N) is 2. The summed E-state index contributed by atoms with van der Waals surface area (Å²) in [4.78, 5) is 12.0. The fourth-order valence-corrected chi connectivity index (χ4v) is 1.82. The van der Waals surface area contributed by atoms with Crippen LogP contribution in [0.5, 0.6) is 0 Å². The minimum atomic E-state index is -0.448. The molecule has 0 aliphatic rings. The predicted octanol–water partition coefficient (Wildman–Crippen LogP) is 1.47. The van der Waals surface area contributed by atoms with E-state index in [0.717, 1.165) is 5.56 Å². The molecule has 0 saturated carbocycles. The molecule has 21 heavy (non-hydrogen) atoms. The van der Waals surface area contributed by atoms with E-state index in [1.165, 1.54) is 10.9 Å². The van der Waals surface area contributed by atoms with Gasteiger partial charge in [0.1, 0.15) is 5.82 Å². The summed E-state index contributed by atoms with van der Waals surface area (Å²) in [5.41, 5.74) is 7.56. The third-order valence-electron chi connectivity index (χ3n) is 2.83. The molecule has 1 aromatic carbocycles. The minimum absolute atomic E-state index is 0.131. The van der Waals surface area contributed by atoms with Crippen molar-refractivity contribution >= 4 is 23.4 Å². The second-order valence-corrected chi connectivity index (χ2v) is 4.46. The lowest BCUT2D eigenvalue weighted by Crippen LogP contribution is -2.24. The number of carbonyl (C=O) groups is 1. The first-order valence-electron chi connectivity index (χ1n) is 6.16. The van der Waals surface area contributed by atoms with Gasteiger partial charge in [0.05, 0.1) is 11.8 Å². The molecule has 5 N–H and O–H groups in total. The number of hydrogen-bond acceptors (Lipinski definition) is 4. The largest absolute Gasteiger partial charge is 0.409 e. The number of rotatable bonds is 3. The van der Waals surface area contributed by atoms with Crippen molar-refractivity contribution < 1.29 is 10.0 Å². The Bertz CT molecular complexity index is 692. The molecule has 2 amide bonds. The van der Waals surface area contributed by atoms with Crippen LogP contribution in [0.3, 0.4) is 0 Å². The molecule has 0 unspecified atom stereocenters. The van der Waals surface area contributed by atoms with Gasteiger partial charge in [0.2, 0.25) is 0 Å². The highest BCUT2D eigenvalue weighted by Gasteiger charge is 2.15. The van der Waals surface area contributed by atoms with Crippen LogP contribution in [-0.4, -0.2) is 26.9 Å². The van der Waals surface area contributed by atoms with Gasteiger partial charge >= 0.3 is 6.03 Å². The second kappa shape index (κ2) is 5.95. The Balaban J connectivity index is 2.15. The van der Waals surface area contributed by atoms with Crippen LogP contribution in [0, 0.1) is 6.92 Å². The van der Waals surface area contributed by atoms with Crippen LogP contribution in [0.25, 0.3) is 0 Å². The maximum absolute atomic E-state index is 12.0. The third kappa shape index (κ3) is 3.30. The average Bonchev–Trinajstić information content (AvgIpc) is 2.79. The minimum Gasteiger partial charge on any atom is -0.409 e. The van der Waals surface area contributed by atoms with E-state index in [4.69, 9.17) is 10.9 Å². The number of nitrogens with zero attached hydrogens (tertiary/aromatic N) is 3. The van der Waals surface area contributed by atoms with Gasteiger partial charge in [-0.1, -0.05) is 17.3 Å². The summed E-state index contributed by atoms with van der Waals surface area (Å²) in [6, 6.07) is 6.95.